The summed E-state index contributed by atoms with van der Waals surface area (Å²) >= 11 is 2.44. The summed E-state index contributed by atoms with van der Waals surface area (Å²) in [7, 11) is -0.494. The summed E-state index contributed by atoms with van der Waals surface area (Å²) in [5.74, 6) is -0.356. The fraction of sp³-hybridized carbons (Fsp3) is 0.333. The van der Waals surface area contributed by atoms with Crippen LogP contribution in [-0.2, 0) is 27.9 Å². The zero-order valence-electron chi connectivity index (χ0n) is 14.0. The van der Waals surface area contributed by atoms with Crippen LogP contribution in [0.15, 0.2) is 28.5 Å². The molecule has 2 aromatic heterocycles. The number of nitrogens with zero attached hydrogens (tertiary/aromatic N) is 1. The van der Waals surface area contributed by atoms with E-state index in [4.69, 9.17) is 0 Å². The molecule has 136 valence electrons. The van der Waals surface area contributed by atoms with Gasteiger partial charge in [-0.15, -0.1) is 22.7 Å². The fourth-order valence-corrected chi connectivity index (χ4v) is 5.16. The topological polar surface area (TPSA) is 95.6 Å². The highest BCUT2D eigenvalue weighted by molar-refractivity contribution is 7.91. The van der Waals surface area contributed by atoms with Crippen LogP contribution in [0.4, 0.5) is 0 Å². The second-order valence-corrected chi connectivity index (χ2v) is 10.1. The van der Waals surface area contributed by atoms with Crippen molar-refractivity contribution in [2.75, 3.05) is 14.1 Å². The van der Waals surface area contributed by atoms with Crippen LogP contribution in [-0.4, -0.2) is 38.6 Å². The predicted molar refractivity (Wildman–Crippen MR) is 98.2 cm³/mol. The van der Waals surface area contributed by atoms with Crippen molar-refractivity contribution in [1.82, 2.24) is 14.9 Å². The molecule has 2 rings (SSSR count). The van der Waals surface area contributed by atoms with Crippen LogP contribution in [0.1, 0.15) is 26.3 Å². The van der Waals surface area contributed by atoms with E-state index in [0.717, 1.165) is 25.4 Å². The van der Waals surface area contributed by atoms with Gasteiger partial charge in [-0.2, -0.15) is 0 Å². The number of carbonyl (C=O) groups is 2. The van der Waals surface area contributed by atoms with Gasteiger partial charge in [0.25, 0.3) is 15.9 Å². The highest BCUT2D eigenvalue weighted by atomic mass is 32.2. The summed E-state index contributed by atoms with van der Waals surface area (Å²) in [5, 5.41) is 5.45. The highest BCUT2D eigenvalue weighted by Crippen LogP contribution is 2.24. The Kier molecular flexibility index (Phi) is 6.33. The van der Waals surface area contributed by atoms with Crippen molar-refractivity contribution in [2.24, 2.45) is 0 Å². The molecule has 0 aliphatic heterocycles. The summed E-state index contributed by atoms with van der Waals surface area (Å²) in [4.78, 5) is 25.3. The Labute approximate surface area is 154 Å². The van der Waals surface area contributed by atoms with E-state index >= 15 is 0 Å². The molecule has 0 aromatic carbocycles. The van der Waals surface area contributed by atoms with E-state index in [1.807, 2.05) is 0 Å². The van der Waals surface area contributed by atoms with Crippen LogP contribution in [0, 0.1) is 0 Å². The molecule has 0 unspecified atom stereocenters. The van der Waals surface area contributed by atoms with Gasteiger partial charge in [0.15, 0.2) is 0 Å². The Balaban J connectivity index is 1.94. The van der Waals surface area contributed by atoms with E-state index in [2.05, 4.69) is 10.6 Å². The number of hydrogen-bond acceptors (Lipinski definition) is 6. The van der Waals surface area contributed by atoms with Crippen LogP contribution in [0.2, 0.25) is 0 Å². The molecule has 10 heteroatoms. The van der Waals surface area contributed by atoms with Gasteiger partial charge in [0.2, 0.25) is 5.91 Å². The molecule has 0 saturated heterocycles. The lowest BCUT2D eigenvalue weighted by Crippen LogP contribution is -2.21. The number of nitrogens with one attached hydrogen (secondary N) is 2. The molecule has 0 radical (unpaired) electrons. The molecule has 2 N–H and O–H groups in total. The second-order valence-electron chi connectivity index (χ2n) is 5.37. The van der Waals surface area contributed by atoms with Gasteiger partial charge in [0.05, 0.1) is 18.0 Å². The summed E-state index contributed by atoms with van der Waals surface area (Å²) in [6, 6.07) is 6.73. The average Bonchev–Trinajstić information content (AvgIpc) is 3.20. The van der Waals surface area contributed by atoms with Gasteiger partial charge in [-0.1, -0.05) is 0 Å². The monoisotopic (exact) mass is 401 g/mol. The SMILES string of the molecule is CC(=O)NCc1ccc(C(=O)NCc2ccc(S(=O)(=O)N(C)C)s2)s1. The van der Waals surface area contributed by atoms with Gasteiger partial charge >= 0.3 is 0 Å². The molecule has 0 fully saturated rings. The smallest absolute Gasteiger partial charge is 0.261 e. The standard InChI is InChI=1S/C15H19N3O4S3/c1-10(19)16-8-11-4-6-13(23-11)15(20)17-9-12-5-7-14(24-12)25(21,22)18(2)3/h4-7H,8-9H2,1-3H3,(H,16,19)(H,17,20). The third kappa shape index (κ3) is 5.11. The number of carbonyl (C=O) groups excluding carboxylic acids is 2. The molecule has 0 aliphatic rings. The van der Waals surface area contributed by atoms with Crippen molar-refractivity contribution >= 4 is 44.5 Å². The minimum absolute atomic E-state index is 0.124. The predicted octanol–water partition coefficient (Wildman–Crippen LogP) is 1.63. The lowest BCUT2D eigenvalue weighted by molar-refractivity contribution is -0.119. The minimum Gasteiger partial charge on any atom is -0.351 e. The Morgan fingerprint density at radius 1 is 1.00 bits per heavy atom. The normalized spacial score (nSPS) is 11.5. The van der Waals surface area contributed by atoms with Crippen LogP contribution < -0.4 is 10.6 Å². The van der Waals surface area contributed by atoms with Crippen LogP contribution in [0.25, 0.3) is 0 Å². The van der Waals surface area contributed by atoms with Crippen molar-refractivity contribution in [1.29, 1.82) is 0 Å². The maximum Gasteiger partial charge on any atom is 0.261 e. The quantitative estimate of drug-likeness (QED) is 0.737. The van der Waals surface area contributed by atoms with Crippen molar-refractivity contribution in [3.63, 3.8) is 0 Å². The molecule has 0 saturated carbocycles. The van der Waals surface area contributed by atoms with Gasteiger partial charge in [-0.25, -0.2) is 12.7 Å². The zero-order valence-corrected chi connectivity index (χ0v) is 16.5. The summed E-state index contributed by atoms with van der Waals surface area (Å²) < 4.78 is 25.5. The molecule has 0 bridgehead atoms. The lowest BCUT2D eigenvalue weighted by Gasteiger charge is -2.08. The largest absolute Gasteiger partial charge is 0.351 e. The Morgan fingerprint density at radius 2 is 1.60 bits per heavy atom. The molecule has 2 aromatic rings. The molecular weight excluding hydrogens is 382 g/mol. The van der Waals surface area contributed by atoms with E-state index in [0.29, 0.717) is 11.4 Å². The third-order valence-corrected chi connectivity index (χ3v) is 7.64. The van der Waals surface area contributed by atoms with Crippen molar-refractivity contribution < 1.29 is 18.0 Å². The van der Waals surface area contributed by atoms with E-state index in [9.17, 15) is 18.0 Å². The van der Waals surface area contributed by atoms with E-state index < -0.39 is 10.0 Å². The van der Waals surface area contributed by atoms with E-state index in [1.165, 1.54) is 38.4 Å². The lowest BCUT2D eigenvalue weighted by atomic mass is 10.4. The van der Waals surface area contributed by atoms with E-state index in [-0.39, 0.29) is 22.6 Å². The van der Waals surface area contributed by atoms with Crippen molar-refractivity contribution in [3.05, 3.63) is 38.9 Å². The summed E-state index contributed by atoms with van der Waals surface area (Å²) in [6.45, 7) is 2.09. The highest BCUT2D eigenvalue weighted by Gasteiger charge is 2.19. The Bertz CT molecular complexity index is 868. The maximum absolute atomic E-state index is 12.2. The minimum atomic E-state index is -3.45. The summed E-state index contributed by atoms with van der Waals surface area (Å²) in [5.41, 5.74) is 0. The van der Waals surface area contributed by atoms with Gasteiger partial charge in [0.1, 0.15) is 4.21 Å². The molecule has 0 aliphatic carbocycles. The van der Waals surface area contributed by atoms with Gasteiger partial charge in [-0.3, -0.25) is 9.59 Å². The molecule has 0 atom stereocenters. The fourth-order valence-electron chi connectivity index (χ4n) is 1.83. The van der Waals surface area contributed by atoms with Crippen molar-refractivity contribution in [3.8, 4) is 0 Å². The second kappa shape index (κ2) is 8.09. The maximum atomic E-state index is 12.2. The number of rotatable bonds is 7. The molecule has 25 heavy (non-hydrogen) atoms. The average molecular weight is 402 g/mol. The first-order chi connectivity index (χ1) is 11.7. The number of sulfonamides is 1. The number of thiophene rings is 2. The Hall–Kier alpha value is -1.75. The van der Waals surface area contributed by atoms with E-state index in [1.54, 1.807) is 18.2 Å². The summed E-state index contributed by atoms with van der Waals surface area (Å²) in [6.07, 6.45) is 0. The third-order valence-electron chi connectivity index (χ3n) is 3.19. The van der Waals surface area contributed by atoms with Crippen LogP contribution in [0.5, 0.6) is 0 Å². The van der Waals surface area contributed by atoms with Gasteiger partial charge in [0, 0.05) is 30.8 Å². The van der Waals surface area contributed by atoms with Crippen LogP contribution in [0.3, 0.4) is 0 Å². The molecule has 2 amide bonds. The first kappa shape index (κ1) is 19.6. The molecule has 2 heterocycles. The van der Waals surface area contributed by atoms with Crippen LogP contribution >= 0.6 is 22.7 Å². The zero-order chi connectivity index (χ0) is 18.6. The number of hydrogen-bond donors (Lipinski definition) is 2. The Morgan fingerprint density at radius 3 is 2.24 bits per heavy atom. The van der Waals surface area contributed by atoms with Gasteiger partial charge < -0.3 is 10.6 Å². The molecular formula is C15H19N3O4S3. The molecule has 0 spiro atoms. The van der Waals surface area contributed by atoms with Gasteiger partial charge in [-0.05, 0) is 24.3 Å². The molecule has 7 nitrogen and oxygen atoms in total. The first-order valence-electron chi connectivity index (χ1n) is 7.32. The van der Waals surface area contributed by atoms with Crippen molar-refractivity contribution in [2.45, 2.75) is 24.2 Å². The first-order valence-corrected chi connectivity index (χ1v) is 10.4. The number of amides is 2.